The molecular weight excluding hydrogens is 166 g/mol. The van der Waals surface area contributed by atoms with E-state index in [0.717, 1.165) is 6.42 Å². The monoisotopic (exact) mass is 185 g/mol. The highest BCUT2D eigenvalue weighted by atomic mass is 16.4. The average Bonchev–Trinajstić information content (AvgIpc) is 1.99. The first-order chi connectivity index (χ1) is 6.20. The van der Waals surface area contributed by atoms with Crippen molar-refractivity contribution in [3.63, 3.8) is 0 Å². The van der Waals surface area contributed by atoms with Crippen LogP contribution in [0.5, 0.6) is 0 Å². The second-order valence-electron chi connectivity index (χ2n) is 3.86. The normalized spacial score (nSPS) is 22.0. The van der Waals surface area contributed by atoms with Gasteiger partial charge in [0.25, 0.3) is 0 Å². The van der Waals surface area contributed by atoms with Gasteiger partial charge in [0, 0.05) is 6.04 Å². The Balaban J connectivity index is 2.55. The standard InChI is InChI=1S/C10H19NO2/c1-3-8(10(12)13)9(11-2)7-5-4-6-7/h7-9,11H,3-6H2,1-2H3,(H,12,13). The number of carboxylic acid groups (broad SMARTS) is 1. The van der Waals surface area contributed by atoms with Gasteiger partial charge < -0.3 is 10.4 Å². The summed E-state index contributed by atoms with van der Waals surface area (Å²) in [6.07, 6.45) is 4.36. The maximum atomic E-state index is 10.9. The van der Waals surface area contributed by atoms with E-state index < -0.39 is 5.97 Å². The van der Waals surface area contributed by atoms with Gasteiger partial charge in [-0.1, -0.05) is 13.3 Å². The molecular formula is C10H19NO2. The van der Waals surface area contributed by atoms with Crippen molar-refractivity contribution in [2.24, 2.45) is 11.8 Å². The lowest BCUT2D eigenvalue weighted by Crippen LogP contribution is -2.45. The summed E-state index contributed by atoms with van der Waals surface area (Å²) in [5, 5.41) is 12.2. The van der Waals surface area contributed by atoms with Crippen LogP contribution in [0.2, 0.25) is 0 Å². The molecule has 2 N–H and O–H groups in total. The molecule has 0 amide bonds. The van der Waals surface area contributed by atoms with Gasteiger partial charge in [0.05, 0.1) is 5.92 Å². The molecule has 3 heteroatoms. The van der Waals surface area contributed by atoms with Gasteiger partial charge in [-0.2, -0.15) is 0 Å². The van der Waals surface area contributed by atoms with Crippen molar-refractivity contribution >= 4 is 5.97 Å². The van der Waals surface area contributed by atoms with Crippen molar-refractivity contribution in [3.05, 3.63) is 0 Å². The van der Waals surface area contributed by atoms with Gasteiger partial charge in [-0.3, -0.25) is 4.79 Å². The summed E-state index contributed by atoms with van der Waals surface area (Å²) in [5.74, 6) is -0.282. The Labute approximate surface area is 79.5 Å². The first kappa shape index (κ1) is 10.5. The van der Waals surface area contributed by atoms with Crippen molar-refractivity contribution in [1.82, 2.24) is 5.32 Å². The van der Waals surface area contributed by atoms with Crippen molar-refractivity contribution in [2.75, 3.05) is 7.05 Å². The second-order valence-corrected chi connectivity index (χ2v) is 3.86. The molecule has 3 nitrogen and oxygen atoms in total. The van der Waals surface area contributed by atoms with Gasteiger partial charge in [-0.25, -0.2) is 0 Å². The zero-order chi connectivity index (χ0) is 9.84. The maximum absolute atomic E-state index is 10.9. The molecule has 2 unspecified atom stereocenters. The van der Waals surface area contributed by atoms with Gasteiger partial charge in [0.15, 0.2) is 0 Å². The second kappa shape index (κ2) is 4.61. The lowest BCUT2D eigenvalue weighted by atomic mass is 9.74. The fourth-order valence-electron chi connectivity index (χ4n) is 2.15. The molecule has 0 heterocycles. The first-order valence-corrected chi connectivity index (χ1v) is 5.10. The third-order valence-electron chi connectivity index (χ3n) is 3.18. The summed E-state index contributed by atoms with van der Waals surface area (Å²) in [7, 11) is 1.87. The maximum Gasteiger partial charge on any atom is 0.308 e. The molecule has 1 aliphatic carbocycles. The van der Waals surface area contributed by atoms with E-state index in [9.17, 15) is 4.79 Å². The largest absolute Gasteiger partial charge is 0.481 e. The predicted molar refractivity (Wildman–Crippen MR) is 51.6 cm³/mol. The molecule has 2 atom stereocenters. The lowest BCUT2D eigenvalue weighted by molar-refractivity contribution is -0.143. The number of aliphatic carboxylic acids is 1. The van der Waals surface area contributed by atoms with E-state index in [1.807, 2.05) is 14.0 Å². The quantitative estimate of drug-likeness (QED) is 0.682. The van der Waals surface area contributed by atoms with Gasteiger partial charge in [0.1, 0.15) is 0 Å². The van der Waals surface area contributed by atoms with Crippen LogP contribution in [0.4, 0.5) is 0 Å². The highest BCUT2D eigenvalue weighted by Gasteiger charge is 2.34. The summed E-state index contributed by atoms with van der Waals surface area (Å²) in [4.78, 5) is 10.9. The number of nitrogens with one attached hydrogen (secondary N) is 1. The Hall–Kier alpha value is -0.570. The molecule has 13 heavy (non-hydrogen) atoms. The number of rotatable bonds is 5. The van der Waals surface area contributed by atoms with Crippen molar-refractivity contribution in [3.8, 4) is 0 Å². The van der Waals surface area contributed by atoms with Crippen LogP contribution in [0.25, 0.3) is 0 Å². The minimum atomic E-state index is -0.659. The SMILES string of the molecule is CCC(C(=O)O)C(NC)C1CCC1. The van der Waals surface area contributed by atoms with E-state index in [2.05, 4.69) is 5.32 Å². The zero-order valence-electron chi connectivity index (χ0n) is 8.42. The van der Waals surface area contributed by atoms with Crippen molar-refractivity contribution in [1.29, 1.82) is 0 Å². The molecule has 1 fully saturated rings. The smallest absolute Gasteiger partial charge is 0.308 e. The number of hydrogen-bond acceptors (Lipinski definition) is 2. The lowest BCUT2D eigenvalue weighted by Gasteiger charge is -2.36. The molecule has 0 bridgehead atoms. The molecule has 0 saturated heterocycles. The highest BCUT2D eigenvalue weighted by Crippen LogP contribution is 2.33. The van der Waals surface area contributed by atoms with E-state index in [0.29, 0.717) is 5.92 Å². The zero-order valence-corrected chi connectivity index (χ0v) is 8.42. The molecule has 76 valence electrons. The fourth-order valence-corrected chi connectivity index (χ4v) is 2.15. The van der Waals surface area contributed by atoms with E-state index in [1.165, 1.54) is 19.3 Å². The molecule has 1 saturated carbocycles. The van der Waals surface area contributed by atoms with Gasteiger partial charge in [-0.15, -0.1) is 0 Å². The topological polar surface area (TPSA) is 49.3 Å². The third kappa shape index (κ3) is 2.21. The Morgan fingerprint density at radius 1 is 1.62 bits per heavy atom. The van der Waals surface area contributed by atoms with Crippen LogP contribution in [-0.4, -0.2) is 24.2 Å². The molecule has 0 aromatic rings. The first-order valence-electron chi connectivity index (χ1n) is 5.10. The Bertz CT molecular complexity index is 178. The number of carboxylic acids is 1. The summed E-state index contributed by atoms with van der Waals surface area (Å²) >= 11 is 0. The van der Waals surface area contributed by atoms with Crippen LogP contribution < -0.4 is 5.32 Å². The van der Waals surface area contributed by atoms with Gasteiger partial charge in [0.2, 0.25) is 0 Å². The molecule has 0 aromatic carbocycles. The third-order valence-corrected chi connectivity index (χ3v) is 3.18. The number of carbonyl (C=O) groups is 1. The Kier molecular flexibility index (Phi) is 3.72. The molecule has 0 radical (unpaired) electrons. The summed E-state index contributed by atoms with van der Waals surface area (Å²) in [6, 6.07) is 0.177. The van der Waals surface area contributed by atoms with Crippen LogP contribution in [-0.2, 0) is 4.79 Å². The fraction of sp³-hybridized carbons (Fsp3) is 0.900. The minimum absolute atomic E-state index is 0.177. The summed E-state index contributed by atoms with van der Waals surface area (Å²) in [6.45, 7) is 1.95. The van der Waals surface area contributed by atoms with Crippen LogP contribution in [0.1, 0.15) is 32.6 Å². The van der Waals surface area contributed by atoms with E-state index in [-0.39, 0.29) is 12.0 Å². The molecule has 1 rings (SSSR count). The Morgan fingerprint density at radius 3 is 2.46 bits per heavy atom. The van der Waals surface area contributed by atoms with E-state index >= 15 is 0 Å². The molecule has 1 aliphatic rings. The Morgan fingerprint density at radius 2 is 2.23 bits per heavy atom. The van der Waals surface area contributed by atoms with Gasteiger partial charge >= 0.3 is 5.97 Å². The summed E-state index contributed by atoms with van der Waals surface area (Å²) < 4.78 is 0. The van der Waals surface area contributed by atoms with Crippen molar-refractivity contribution < 1.29 is 9.90 Å². The predicted octanol–water partition coefficient (Wildman–Crippen LogP) is 1.49. The summed E-state index contributed by atoms with van der Waals surface area (Å²) in [5.41, 5.74) is 0. The molecule has 0 spiro atoms. The van der Waals surface area contributed by atoms with Gasteiger partial charge in [-0.05, 0) is 32.2 Å². The van der Waals surface area contributed by atoms with Crippen LogP contribution in [0.3, 0.4) is 0 Å². The minimum Gasteiger partial charge on any atom is -0.481 e. The van der Waals surface area contributed by atoms with Crippen LogP contribution >= 0.6 is 0 Å². The van der Waals surface area contributed by atoms with E-state index in [1.54, 1.807) is 0 Å². The molecule has 0 aliphatic heterocycles. The average molecular weight is 185 g/mol. The van der Waals surface area contributed by atoms with Crippen LogP contribution in [0.15, 0.2) is 0 Å². The highest BCUT2D eigenvalue weighted by molar-refractivity contribution is 5.70. The van der Waals surface area contributed by atoms with Crippen molar-refractivity contribution in [2.45, 2.75) is 38.6 Å². The number of hydrogen-bond donors (Lipinski definition) is 2. The van der Waals surface area contributed by atoms with E-state index in [4.69, 9.17) is 5.11 Å². The molecule has 0 aromatic heterocycles. The van der Waals surface area contributed by atoms with Crippen LogP contribution in [0, 0.1) is 11.8 Å².